The number of carbonyl (C=O) groups is 2. The predicted molar refractivity (Wildman–Crippen MR) is 208 cm³/mol. The summed E-state index contributed by atoms with van der Waals surface area (Å²) in [6, 6.07) is 0. The summed E-state index contributed by atoms with van der Waals surface area (Å²) in [4.78, 5) is 24.7. The highest BCUT2D eigenvalue weighted by Gasteiger charge is 2.14. The molecule has 1 N–H and O–H groups in total. The molecule has 0 bridgehead atoms. The standard InChI is InChI=1S/C43H85NO4/c1-5-8-11-14-17-19-25-32-40(4)39-47-42(45)35-29-24-31-38-44-37-30-23-18-22-28-36-43(46)48-41(33-26-20-15-12-9-6-2)34-27-21-16-13-10-7-3/h40-41,44H,5-39H2,1-4H3. The first-order valence-electron chi connectivity index (χ1n) is 21.6. The van der Waals surface area contributed by atoms with Crippen LogP contribution in [0, 0.1) is 5.92 Å². The first-order valence-corrected chi connectivity index (χ1v) is 21.6. The Morgan fingerprint density at radius 3 is 1.33 bits per heavy atom. The van der Waals surface area contributed by atoms with Crippen LogP contribution in [-0.4, -0.2) is 37.7 Å². The molecular formula is C43H85NO4. The average Bonchev–Trinajstić information content (AvgIpc) is 3.08. The summed E-state index contributed by atoms with van der Waals surface area (Å²) in [7, 11) is 0. The Labute approximate surface area is 300 Å². The van der Waals surface area contributed by atoms with Gasteiger partial charge in [0.05, 0.1) is 6.61 Å². The molecule has 0 rings (SSSR count). The molecule has 5 heteroatoms. The smallest absolute Gasteiger partial charge is 0.306 e. The van der Waals surface area contributed by atoms with E-state index in [-0.39, 0.29) is 18.0 Å². The largest absolute Gasteiger partial charge is 0.465 e. The van der Waals surface area contributed by atoms with Gasteiger partial charge < -0.3 is 14.8 Å². The summed E-state index contributed by atoms with van der Waals surface area (Å²) in [6.45, 7) is 11.7. The maximum atomic E-state index is 12.6. The Balaban J connectivity index is 3.71. The molecule has 0 heterocycles. The lowest BCUT2D eigenvalue weighted by Gasteiger charge is -2.18. The molecule has 1 unspecified atom stereocenters. The van der Waals surface area contributed by atoms with Gasteiger partial charge in [-0.2, -0.15) is 0 Å². The predicted octanol–water partition coefficient (Wildman–Crippen LogP) is 13.2. The number of rotatable bonds is 39. The lowest BCUT2D eigenvalue weighted by Crippen LogP contribution is -2.18. The second kappa shape index (κ2) is 38.7. The second-order valence-corrected chi connectivity index (χ2v) is 15.0. The van der Waals surface area contributed by atoms with Gasteiger partial charge in [0.2, 0.25) is 0 Å². The molecule has 0 radical (unpaired) electrons. The van der Waals surface area contributed by atoms with Crippen molar-refractivity contribution in [3.05, 3.63) is 0 Å². The van der Waals surface area contributed by atoms with E-state index in [9.17, 15) is 9.59 Å². The van der Waals surface area contributed by atoms with Crippen LogP contribution in [0.15, 0.2) is 0 Å². The Morgan fingerprint density at radius 2 is 0.833 bits per heavy atom. The van der Waals surface area contributed by atoms with Crippen molar-refractivity contribution in [1.82, 2.24) is 5.32 Å². The molecule has 0 saturated heterocycles. The number of carbonyl (C=O) groups excluding carboxylic acids is 2. The highest BCUT2D eigenvalue weighted by Crippen LogP contribution is 2.18. The van der Waals surface area contributed by atoms with Crippen molar-refractivity contribution in [2.75, 3.05) is 19.7 Å². The van der Waals surface area contributed by atoms with Crippen LogP contribution in [0.5, 0.6) is 0 Å². The number of hydrogen-bond acceptors (Lipinski definition) is 5. The van der Waals surface area contributed by atoms with Gasteiger partial charge in [-0.1, -0.05) is 163 Å². The van der Waals surface area contributed by atoms with Gasteiger partial charge >= 0.3 is 11.9 Å². The molecule has 0 saturated carbocycles. The van der Waals surface area contributed by atoms with E-state index in [1.807, 2.05) is 0 Å². The fourth-order valence-corrected chi connectivity index (χ4v) is 6.52. The number of ether oxygens (including phenoxy) is 2. The number of nitrogens with one attached hydrogen (secondary N) is 1. The normalized spacial score (nSPS) is 12.1. The number of esters is 2. The quantitative estimate of drug-likeness (QED) is 0.0517. The topological polar surface area (TPSA) is 64.6 Å². The van der Waals surface area contributed by atoms with Gasteiger partial charge in [0.15, 0.2) is 0 Å². The molecule has 0 amide bonds. The van der Waals surface area contributed by atoms with E-state index < -0.39 is 0 Å². The van der Waals surface area contributed by atoms with Gasteiger partial charge in [0.25, 0.3) is 0 Å². The fourth-order valence-electron chi connectivity index (χ4n) is 6.52. The average molecular weight is 680 g/mol. The zero-order valence-corrected chi connectivity index (χ0v) is 33.0. The van der Waals surface area contributed by atoms with Crippen molar-refractivity contribution in [3.63, 3.8) is 0 Å². The van der Waals surface area contributed by atoms with Gasteiger partial charge in [-0.15, -0.1) is 0 Å². The number of hydrogen-bond donors (Lipinski definition) is 1. The molecule has 0 aliphatic carbocycles. The van der Waals surface area contributed by atoms with Crippen LogP contribution >= 0.6 is 0 Å². The van der Waals surface area contributed by atoms with Gasteiger partial charge in [-0.05, 0) is 76.8 Å². The molecule has 0 aromatic carbocycles. The minimum absolute atomic E-state index is 0.0243. The monoisotopic (exact) mass is 680 g/mol. The third-order valence-electron chi connectivity index (χ3n) is 9.86. The minimum atomic E-state index is -0.0243. The highest BCUT2D eigenvalue weighted by atomic mass is 16.5. The van der Waals surface area contributed by atoms with E-state index in [1.165, 1.54) is 148 Å². The summed E-state index contributed by atoms with van der Waals surface area (Å²) in [5.41, 5.74) is 0. The molecule has 5 nitrogen and oxygen atoms in total. The van der Waals surface area contributed by atoms with Crippen molar-refractivity contribution >= 4 is 11.9 Å². The molecule has 0 fully saturated rings. The van der Waals surface area contributed by atoms with Crippen LogP contribution in [0.2, 0.25) is 0 Å². The summed E-state index contributed by atoms with van der Waals surface area (Å²) < 4.78 is 11.5. The van der Waals surface area contributed by atoms with Crippen LogP contribution in [0.4, 0.5) is 0 Å². The Kier molecular flexibility index (Phi) is 37.8. The molecule has 0 aliphatic heterocycles. The van der Waals surface area contributed by atoms with Crippen LogP contribution in [0.3, 0.4) is 0 Å². The van der Waals surface area contributed by atoms with E-state index in [2.05, 4.69) is 33.0 Å². The molecule has 286 valence electrons. The fraction of sp³-hybridized carbons (Fsp3) is 0.953. The Bertz CT molecular complexity index is 653. The van der Waals surface area contributed by atoms with E-state index in [0.717, 1.165) is 58.0 Å². The van der Waals surface area contributed by atoms with Crippen molar-refractivity contribution in [2.45, 2.75) is 239 Å². The molecule has 1 atom stereocenters. The van der Waals surface area contributed by atoms with E-state index >= 15 is 0 Å². The Morgan fingerprint density at radius 1 is 0.458 bits per heavy atom. The maximum Gasteiger partial charge on any atom is 0.306 e. The first kappa shape index (κ1) is 46.9. The van der Waals surface area contributed by atoms with Crippen LogP contribution < -0.4 is 5.32 Å². The Hall–Kier alpha value is -1.10. The minimum Gasteiger partial charge on any atom is -0.465 e. The zero-order chi connectivity index (χ0) is 35.2. The van der Waals surface area contributed by atoms with Gasteiger partial charge in [0.1, 0.15) is 6.10 Å². The first-order chi connectivity index (χ1) is 23.5. The van der Waals surface area contributed by atoms with Crippen molar-refractivity contribution in [3.8, 4) is 0 Å². The second-order valence-electron chi connectivity index (χ2n) is 15.0. The molecule has 0 aromatic heterocycles. The number of unbranched alkanes of at least 4 members (excludes halogenated alkanes) is 22. The van der Waals surface area contributed by atoms with Crippen LogP contribution in [0.1, 0.15) is 233 Å². The molecular weight excluding hydrogens is 594 g/mol. The molecule has 48 heavy (non-hydrogen) atoms. The summed E-state index contributed by atoms with van der Waals surface area (Å²) >= 11 is 0. The van der Waals surface area contributed by atoms with Gasteiger partial charge in [0, 0.05) is 12.8 Å². The lowest BCUT2D eigenvalue weighted by molar-refractivity contribution is -0.150. The highest BCUT2D eigenvalue weighted by molar-refractivity contribution is 5.69. The SMILES string of the molecule is CCCCCCCCCC(C)COC(=O)CCCCCNCCCCCCCC(=O)OC(CCCCCCCC)CCCCCCCC. The van der Waals surface area contributed by atoms with Gasteiger partial charge in [-0.25, -0.2) is 0 Å². The third-order valence-corrected chi connectivity index (χ3v) is 9.86. The van der Waals surface area contributed by atoms with E-state index in [0.29, 0.717) is 25.4 Å². The van der Waals surface area contributed by atoms with Gasteiger partial charge in [-0.3, -0.25) is 9.59 Å². The summed E-state index contributed by atoms with van der Waals surface area (Å²) in [6.07, 6.45) is 38.1. The van der Waals surface area contributed by atoms with Crippen LogP contribution in [0.25, 0.3) is 0 Å². The third kappa shape index (κ3) is 36.2. The van der Waals surface area contributed by atoms with E-state index in [4.69, 9.17) is 9.47 Å². The molecule has 0 spiro atoms. The molecule has 0 aliphatic rings. The van der Waals surface area contributed by atoms with E-state index in [1.54, 1.807) is 0 Å². The van der Waals surface area contributed by atoms with Crippen LogP contribution in [-0.2, 0) is 19.1 Å². The lowest BCUT2D eigenvalue weighted by atomic mass is 10.0. The van der Waals surface area contributed by atoms with Crippen molar-refractivity contribution in [1.29, 1.82) is 0 Å². The maximum absolute atomic E-state index is 12.6. The molecule has 0 aromatic rings. The summed E-state index contributed by atoms with van der Waals surface area (Å²) in [5, 5.41) is 3.55. The van der Waals surface area contributed by atoms with Crippen molar-refractivity contribution < 1.29 is 19.1 Å². The summed E-state index contributed by atoms with van der Waals surface area (Å²) in [5.74, 6) is 0.478. The zero-order valence-electron chi connectivity index (χ0n) is 33.0. The van der Waals surface area contributed by atoms with Crippen molar-refractivity contribution in [2.24, 2.45) is 5.92 Å².